The van der Waals surface area contributed by atoms with Gasteiger partial charge in [0.1, 0.15) is 0 Å². The Morgan fingerprint density at radius 3 is 1.79 bits per heavy atom. The highest BCUT2D eigenvalue weighted by Crippen LogP contribution is 2.34. The molecule has 1 rings (SSSR count). The fourth-order valence-corrected chi connectivity index (χ4v) is 2.22. The summed E-state index contributed by atoms with van der Waals surface area (Å²) in [5, 5.41) is 3.26. The zero-order chi connectivity index (χ0) is 11.6. The first-order valence-electron chi connectivity index (χ1n) is 6.38. The van der Waals surface area contributed by atoms with Crippen molar-refractivity contribution in [1.29, 1.82) is 0 Å². The number of nitrogens with one attached hydrogen (secondary N) is 1. The van der Waals surface area contributed by atoms with Gasteiger partial charge in [0.05, 0.1) is 0 Å². The standard InChI is InChI=1S/C9H19N.2C2H6/c1-7-4-8(2)9(5-7)6-10-3;2*1-2/h7-10H,4-6H2,1-3H3;2*1-2H3. The molecule has 0 spiro atoms. The molecule has 1 aliphatic rings. The van der Waals surface area contributed by atoms with Crippen LogP contribution in [0.15, 0.2) is 0 Å². The Balaban J connectivity index is 0. The van der Waals surface area contributed by atoms with E-state index < -0.39 is 0 Å². The van der Waals surface area contributed by atoms with Gasteiger partial charge in [0.2, 0.25) is 0 Å². The zero-order valence-electron chi connectivity index (χ0n) is 11.4. The normalized spacial score (nSPS) is 29.8. The molecule has 1 nitrogen and oxygen atoms in total. The lowest BCUT2D eigenvalue weighted by atomic mass is 9.98. The molecule has 0 aliphatic heterocycles. The van der Waals surface area contributed by atoms with Gasteiger partial charge in [-0.3, -0.25) is 0 Å². The molecule has 0 amide bonds. The molecule has 0 saturated heterocycles. The second-order valence-corrected chi connectivity index (χ2v) is 3.87. The predicted octanol–water partition coefficient (Wildman–Crippen LogP) is 3.94. The smallest absolute Gasteiger partial charge is 0.00209 e. The molecule has 1 heteroatoms. The van der Waals surface area contributed by atoms with Gasteiger partial charge in [-0.25, -0.2) is 0 Å². The highest BCUT2D eigenvalue weighted by Gasteiger charge is 2.27. The summed E-state index contributed by atoms with van der Waals surface area (Å²) in [5.41, 5.74) is 0. The van der Waals surface area contributed by atoms with Crippen LogP contribution in [0.25, 0.3) is 0 Å². The zero-order valence-corrected chi connectivity index (χ0v) is 11.4. The molecular weight excluding hydrogens is 170 g/mol. The molecular formula is C13H31N. The molecule has 0 radical (unpaired) electrons. The second kappa shape index (κ2) is 11.0. The van der Waals surface area contributed by atoms with Crippen LogP contribution in [0.3, 0.4) is 0 Å². The fourth-order valence-electron chi connectivity index (χ4n) is 2.22. The Kier molecular flexibility index (Phi) is 12.9. The van der Waals surface area contributed by atoms with Crippen molar-refractivity contribution in [2.24, 2.45) is 17.8 Å². The third-order valence-electron chi connectivity index (χ3n) is 2.75. The molecule has 88 valence electrons. The van der Waals surface area contributed by atoms with E-state index >= 15 is 0 Å². The average molecular weight is 201 g/mol. The van der Waals surface area contributed by atoms with E-state index in [1.54, 1.807) is 0 Å². The molecule has 0 aromatic rings. The molecule has 0 aromatic carbocycles. The van der Waals surface area contributed by atoms with Gasteiger partial charge in [-0.1, -0.05) is 41.5 Å². The first-order valence-corrected chi connectivity index (χ1v) is 6.38. The lowest BCUT2D eigenvalue weighted by Crippen LogP contribution is -2.20. The van der Waals surface area contributed by atoms with Crippen LogP contribution in [-0.2, 0) is 0 Å². The van der Waals surface area contributed by atoms with E-state index in [4.69, 9.17) is 0 Å². The minimum absolute atomic E-state index is 0.944. The maximum absolute atomic E-state index is 3.26. The summed E-state index contributed by atoms with van der Waals surface area (Å²) in [5.74, 6) is 2.86. The lowest BCUT2D eigenvalue weighted by Gasteiger charge is -2.13. The van der Waals surface area contributed by atoms with E-state index in [0.717, 1.165) is 17.8 Å². The maximum Gasteiger partial charge on any atom is -0.00209 e. The highest BCUT2D eigenvalue weighted by atomic mass is 14.8. The largest absolute Gasteiger partial charge is 0.319 e. The van der Waals surface area contributed by atoms with Gasteiger partial charge < -0.3 is 5.32 Å². The van der Waals surface area contributed by atoms with Crippen LogP contribution in [0.5, 0.6) is 0 Å². The molecule has 14 heavy (non-hydrogen) atoms. The topological polar surface area (TPSA) is 12.0 Å². The van der Waals surface area contributed by atoms with Crippen LogP contribution in [-0.4, -0.2) is 13.6 Å². The van der Waals surface area contributed by atoms with Crippen molar-refractivity contribution in [3.05, 3.63) is 0 Å². The molecule has 1 fully saturated rings. The lowest BCUT2D eigenvalue weighted by molar-refractivity contribution is 0.404. The van der Waals surface area contributed by atoms with Crippen LogP contribution < -0.4 is 5.32 Å². The molecule has 1 N–H and O–H groups in total. The Hall–Kier alpha value is -0.0400. The van der Waals surface area contributed by atoms with Crippen LogP contribution in [0, 0.1) is 17.8 Å². The van der Waals surface area contributed by atoms with E-state index in [1.807, 2.05) is 27.7 Å². The van der Waals surface area contributed by atoms with Crippen LogP contribution >= 0.6 is 0 Å². The Bertz CT molecular complexity index is 101. The van der Waals surface area contributed by atoms with Gasteiger partial charge in [-0.15, -0.1) is 0 Å². The Morgan fingerprint density at radius 2 is 1.50 bits per heavy atom. The van der Waals surface area contributed by atoms with E-state index in [-0.39, 0.29) is 0 Å². The van der Waals surface area contributed by atoms with Crippen LogP contribution in [0.4, 0.5) is 0 Å². The summed E-state index contributed by atoms with van der Waals surface area (Å²) in [7, 11) is 2.05. The van der Waals surface area contributed by atoms with Gasteiger partial charge in [0.25, 0.3) is 0 Å². The molecule has 3 atom stereocenters. The van der Waals surface area contributed by atoms with E-state index in [2.05, 4.69) is 26.2 Å². The van der Waals surface area contributed by atoms with E-state index in [9.17, 15) is 0 Å². The van der Waals surface area contributed by atoms with Crippen molar-refractivity contribution >= 4 is 0 Å². The average Bonchev–Trinajstić information content (AvgIpc) is 2.53. The van der Waals surface area contributed by atoms with Gasteiger partial charge in [0.15, 0.2) is 0 Å². The molecule has 0 heterocycles. The van der Waals surface area contributed by atoms with E-state index in [1.165, 1.54) is 19.4 Å². The summed E-state index contributed by atoms with van der Waals surface area (Å²) in [6.45, 7) is 14.0. The minimum atomic E-state index is 0.944. The van der Waals surface area contributed by atoms with Gasteiger partial charge in [-0.2, -0.15) is 0 Å². The number of rotatable bonds is 2. The first-order chi connectivity index (χ1) is 6.74. The van der Waals surface area contributed by atoms with Gasteiger partial charge in [-0.05, 0) is 44.2 Å². The Morgan fingerprint density at radius 1 is 1.00 bits per heavy atom. The number of hydrogen-bond acceptors (Lipinski definition) is 1. The SMILES string of the molecule is CC.CC.CNCC1CC(C)CC1C. The fraction of sp³-hybridized carbons (Fsp3) is 1.00. The minimum Gasteiger partial charge on any atom is -0.319 e. The van der Waals surface area contributed by atoms with Crippen molar-refractivity contribution in [2.45, 2.75) is 54.4 Å². The molecule has 0 aromatic heterocycles. The summed E-state index contributed by atoms with van der Waals surface area (Å²) in [4.78, 5) is 0. The molecule has 1 saturated carbocycles. The number of hydrogen-bond donors (Lipinski definition) is 1. The maximum atomic E-state index is 3.26. The predicted molar refractivity (Wildman–Crippen MR) is 67.7 cm³/mol. The van der Waals surface area contributed by atoms with Gasteiger partial charge in [0, 0.05) is 0 Å². The summed E-state index contributed by atoms with van der Waals surface area (Å²) >= 11 is 0. The van der Waals surface area contributed by atoms with Crippen molar-refractivity contribution in [2.75, 3.05) is 13.6 Å². The third kappa shape index (κ3) is 6.42. The van der Waals surface area contributed by atoms with Gasteiger partial charge >= 0.3 is 0 Å². The van der Waals surface area contributed by atoms with Crippen molar-refractivity contribution < 1.29 is 0 Å². The van der Waals surface area contributed by atoms with Crippen molar-refractivity contribution in [3.8, 4) is 0 Å². The first kappa shape index (κ1) is 16.4. The third-order valence-corrected chi connectivity index (χ3v) is 2.75. The highest BCUT2D eigenvalue weighted by molar-refractivity contribution is 4.79. The summed E-state index contributed by atoms with van der Waals surface area (Å²) in [6, 6.07) is 0. The summed E-state index contributed by atoms with van der Waals surface area (Å²) in [6.07, 6.45) is 2.87. The molecule has 3 unspecified atom stereocenters. The van der Waals surface area contributed by atoms with Crippen LogP contribution in [0.1, 0.15) is 54.4 Å². The quantitative estimate of drug-likeness (QED) is 0.713. The van der Waals surface area contributed by atoms with Crippen LogP contribution in [0.2, 0.25) is 0 Å². The summed E-state index contributed by atoms with van der Waals surface area (Å²) < 4.78 is 0. The molecule has 1 aliphatic carbocycles. The van der Waals surface area contributed by atoms with Crippen molar-refractivity contribution in [3.63, 3.8) is 0 Å². The second-order valence-electron chi connectivity index (χ2n) is 3.87. The molecule has 0 bridgehead atoms. The Labute approximate surface area is 91.7 Å². The van der Waals surface area contributed by atoms with Crippen molar-refractivity contribution in [1.82, 2.24) is 5.32 Å². The monoisotopic (exact) mass is 201 g/mol. The van der Waals surface area contributed by atoms with E-state index in [0.29, 0.717) is 0 Å².